The molecule has 5 heteroatoms. The second kappa shape index (κ2) is 7.77. The molecule has 0 spiro atoms. The molecule has 104 valence electrons. The van der Waals surface area contributed by atoms with E-state index in [2.05, 4.69) is 24.3 Å². The van der Waals surface area contributed by atoms with Crippen LogP contribution in [0.1, 0.15) is 38.4 Å². The van der Waals surface area contributed by atoms with Gasteiger partial charge in [0.2, 0.25) is 0 Å². The molecule has 0 aliphatic rings. The average molecular weight is 274 g/mol. The molecule has 1 aromatic heterocycles. The van der Waals surface area contributed by atoms with E-state index < -0.39 is 0 Å². The largest absolute Gasteiger partial charge is 0.383 e. The summed E-state index contributed by atoms with van der Waals surface area (Å²) >= 11 is 6.26. The fourth-order valence-corrected chi connectivity index (χ4v) is 2.28. The van der Waals surface area contributed by atoms with E-state index >= 15 is 0 Å². The number of nitrogens with zero attached hydrogens (tertiary/aromatic N) is 2. The van der Waals surface area contributed by atoms with Crippen molar-refractivity contribution in [1.82, 2.24) is 15.1 Å². The van der Waals surface area contributed by atoms with E-state index in [0.717, 1.165) is 23.7 Å². The van der Waals surface area contributed by atoms with Crippen molar-refractivity contribution in [2.45, 2.75) is 39.3 Å². The molecule has 0 aliphatic carbocycles. The van der Waals surface area contributed by atoms with Gasteiger partial charge in [0.05, 0.1) is 36.1 Å². The Morgan fingerprint density at radius 3 is 2.83 bits per heavy atom. The summed E-state index contributed by atoms with van der Waals surface area (Å²) in [5.74, 6) is 0.657. The molecular formula is C13H24ClN3O. The Labute approximate surface area is 115 Å². The van der Waals surface area contributed by atoms with Gasteiger partial charge in [-0.3, -0.25) is 4.68 Å². The van der Waals surface area contributed by atoms with Gasteiger partial charge in [-0.25, -0.2) is 0 Å². The number of hydrogen-bond acceptors (Lipinski definition) is 3. The number of ether oxygens (including phenoxy) is 1. The molecule has 0 radical (unpaired) electrons. The maximum Gasteiger partial charge on any atom is 0.0834 e. The van der Waals surface area contributed by atoms with Gasteiger partial charge < -0.3 is 10.1 Å². The zero-order valence-corrected chi connectivity index (χ0v) is 12.5. The number of nitrogens with one attached hydrogen (secondary N) is 1. The molecule has 1 aromatic rings. The van der Waals surface area contributed by atoms with E-state index in [-0.39, 0.29) is 6.04 Å². The molecule has 0 saturated heterocycles. The highest BCUT2D eigenvalue weighted by molar-refractivity contribution is 6.31. The Hall–Kier alpha value is -0.580. The Morgan fingerprint density at radius 1 is 1.56 bits per heavy atom. The molecule has 18 heavy (non-hydrogen) atoms. The lowest BCUT2D eigenvalue weighted by Crippen LogP contribution is -2.23. The van der Waals surface area contributed by atoms with Gasteiger partial charge in [-0.05, 0) is 19.4 Å². The molecule has 2 atom stereocenters. The first kappa shape index (κ1) is 15.5. The Bertz CT molecular complexity index is 354. The van der Waals surface area contributed by atoms with Crippen molar-refractivity contribution >= 4 is 11.6 Å². The normalized spacial score (nSPS) is 14.7. The highest BCUT2D eigenvalue weighted by Crippen LogP contribution is 2.28. The minimum Gasteiger partial charge on any atom is -0.383 e. The predicted octanol–water partition coefficient (Wildman–Crippen LogP) is 2.88. The topological polar surface area (TPSA) is 39.1 Å². The number of halogens is 1. The minimum absolute atomic E-state index is 0.242. The average Bonchev–Trinajstić information content (AvgIpc) is 2.74. The number of rotatable bonds is 8. The lowest BCUT2D eigenvalue weighted by molar-refractivity contribution is 0.181. The molecule has 4 nitrogen and oxygen atoms in total. The van der Waals surface area contributed by atoms with Gasteiger partial charge in [0.1, 0.15) is 0 Å². The molecular weight excluding hydrogens is 250 g/mol. The van der Waals surface area contributed by atoms with Crippen LogP contribution in [-0.4, -0.2) is 30.5 Å². The molecule has 1 rings (SSSR count). The molecule has 1 N–H and O–H groups in total. The van der Waals surface area contributed by atoms with E-state index in [1.807, 2.05) is 11.7 Å². The maximum absolute atomic E-state index is 6.26. The van der Waals surface area contributed by atoms with E-state index in [1.165, 1.54) is 6.42 Å². The molecule has 0 saturated carbocycles. The van der Waals surface area contributed by atoms with Crippen LogP contribution in [0.3, 0.4) is 0 Å². The first-order chi connectivity index (χ1) is 8.63. The van der Waals surface area contributed by atoms with Crippen LogP contribution >= 0.6 is 11.6 Å². The fourth-order valence-electron chi connectivity index (χ4n) is 2.01. The third-order valence-electron chi connectivity index (χ3n) is 3.35. The zero-order chi connectivity index (χ0) is 13.5. The molecule has 0 aromatic carbocycles. The smallest absolute Gasteiger partial charge is 0.0834 e. The van der Waals surface area contributed by atoms with Crippen LogP contribution in [-0.2, 0) is 11.3 Å². The van der Waals surface area contributed by atoms with Gasteiger partial charge in [0, 0.05) is 7.11 Å². The van der Waals surface area contributed by atoms with Gasteiger partial charge in [0.15, 0.2) is 0 Å². The van der Waals surface area contributed by atoms with Crippen molar-refractivity contribution in [3.63, 3.8) is 0 Å². The van der Waals surface area contributed by atoms with Crippen LogP contribution < -0.4 is 5.32 Å². The number of methoxy groups -OCH3 is 1. The monoisotopic (exact) mass is 273 g/mol. The Morgan fingerprint density at radius 2 is 2.28 bits per heavy atom. The maximum atomic E-state index is 6.26. The third kappa shape index (κ3) is 3.97. The minimum atomic E-state index is 0.242. The van der Waals surface area contributed by atoms with Crippen molar-refractivity contribution in [2.24, 2.45) is 5.92 Å². The number of aromatic nitrogens is 2. The van der Waals surface area contributed by atoms with Crippen molar-refractivity contribution < 1.29 is 4.74 Å². The molecule has 1 heterocycles. The SMILES string of the molecule is CCC(C)CC(NC)c1c(Cl)cnn1CCOC. The summed E-state index contributed by atoms with van der Waals surface area (Å²) in [5.41, 5.74) is 1.07. The number of hydrogen-bond donors (Lipinski definition) is 1. The summed E-state index contributed by atoms with van der Waals surface area (Å²) < 4.78 is 7.04. The van der Waals surface area contributed by atoms with Gasteiger partial charge in [-0.1, -0.05) is 31.9 Å². The highest BCUT2D eigenvalue weighted by Gasteiger charge is 2.20. The Kier molecular flexibility index (Phi) is 6.68. The van der Waals surface area contributed by atoms with Crippen molar-refractivity contribution in [3.8, 4) is 0 Å². The molecule has 0 amide bonds. The summed E-state index contributed by atoms with van der Waals surface area (Å²) in [6.45, 7) is 5.84. The van der Waals surface area contributed by atoms with E-state index in [1.54, 1.807) is 13.3 Å². The second-order valence-corrected chi connectivity index (χ2v) is 5.09. The van der Waals surface area contributed by atoms with Crippen LogP contribution in [0.25, 0.3) is 0 Å². The van der Waals surface area contributed by atoms with Gasteiger partial charge in [-0.15, -0.1) is 0 Å². The van der Waals surface area contributed by atoms with Crippen LogP contribution in [0.4, 0.5) is 0 Å². The zero-order valence-electron chi connectivity index (χ0n) is 11.7. The standard InChI is InChI=1S/C13H24ClN3O/c1-5-10(2)8-12(15-3)13-11(14)9-16-17(13)6-7-18-4/h9-10,12,15H,5-8H2,1-4H3. The summed E-state index contributed by atoms with van der Waals surface area (Å²) in [6.07, 6.45) is 3.95. The lowest BCUT2D eigenvalue weighted by Gasteiger charge is -2.21. The quantitative estimate of drug-likeness (QED) is 0.792. The summed E-state index contributed by atoms with van der Waals surface area (Å²) in [4.78, 5) is 0. The first-order valence-corrected chi connectivity index (χ1v) is 6.89. The van der Waals surface area contributed by atoms with Crippen LogP contribution in [0, 0.1) is 5.92 Å². The molecule has 2 unspecified atom stereocenters. The summed E-state index contributed by atoms with van der Waals surface area (Å²) in [6, 6.07) is 0.242. The van der Waals surface area contributed by atoms with Crippen LogP contribution in [0.2, 0.25) is 5.02 Å². The van der Waals surface area contributed by atoms with Crippen LogP contribution in [0.5, 0.6) is 0 Å². The lowest BCUT2D eigenvalue weighted by atomic mass is 9.97. The predicted molar refractivity (Wildman–Crippen MR) is 75.0 cm³/mol. The Balaban J connectivity index is 2.86. The van der Waals surface area contributed by atoms with Crippen molar-refractivity contribution in [3.05, 3.63) is 16.9 Å². The van der Waals surface area contributed by atoms with Gasteiger partial charge in [0.25, 0.3) is 0 Å². The molecule has 0 aliphatic heterocycles. The highest BCUT2D eigenvalue weighted by atomic mass is 35.5. The van der Waals surface area contributed by atoms with Gasteiger partial charge >= 0.3 is 0 Å². The second-order valence-electron chi connectivity index (χ2n) is 4.68. The van der Waals surface area contributed by atoms with Crippen molar-refractivity contribution in [1.29, 1.82) is 0 Å². The van der Waals surface area contributed by atoms with E-state index in [4.69, 9.17) is 16.3 Å². The molecule has 0 bridgehead atoms. The summed E-state index contributed by atoms with van der Waals surface area (Å²) in [7, 11) is 3.66. The molecule has 0 fully saturated rings. The first-order valence-electron chi connectivity index (χ1n) is 6.51. The van der Waals surface area contributed by atoms with E-state index in [9.17, 15) is 0 Å². The fraction of sp³-hybridized carbons (Fsp3) is 0.769. The third-order valence-corrected chi connectivity index (χ3v) is 3.65. The summed E-state index contributed by atoms with van der Waals surface area (Å²) in [5, 5.41) is 8.39. The van der Waals surface area contributed by atoms with E-state index in [0.29, 0.717) is 12.5 Å². The van der Waals surface area contributed by atoms with Crippen LogP contribution in [0.15, 0.2) is 6.20 Å². The van der Waals surface area contributed by atoms with Gasteiger partial charge in [-0.2, -0.15) is 5.10 Å². The van der Waals surface area contributed by atoms with Crippen molar-refractivity contribution in [2.75, 3.05) is 20.8 Å².